The third-order valence-electron chi connectivity index (χ3n) is 4.28. The normalized spacial score (nSPS) is 12.8. The van der Waals surface area contributed by atoms with Gasteiger partial charge in [-0.2, -0.15) is 0 Å². The van der Waals surface area contributed by atoms with Gasteiger partial charge < -0.3 is 10.1 Å². The van der Waals surface area contributed by atoms with Gasteiger partial charge in [-0.1, -0.05) is 56.3 Å². The van der Waals surface area contributed by atoms with Crippen LogP contribution < -0.4 is 5.32 Å². The van der Waals surface area contributed by atoms with E-state index >= 15 is 0 Å². The highest BCUT2D eigenvalue weighted by atomic mass is 16.6. The van der Waals surface area contributed by atoms with Gasteiger partial charge in [-0.25, -0.2) is 4.79 Å². The van der Waals surface area contributed by atoms with Crippen molar-refractivity contribution in [1.29, 1.82) is 0 Å². The Morgan fingerprint density at radius 3 is 2.37 bits per heavy atom. The van der Waals surface area contributed by atoms with E-state index in [1.807, 2.05) is 63.2 Å². The number of carbonyl (C=O) groups excluding carboxylic acids is 2. The molecule has 0 aromatic heterocycles. The number of hydrogen-bond acceptors (Lipinski definition) is 3. The number of ether oxygens (including phenoxy) is 1. The van der Waals surface area contributed by atoms with Crippen LogP contribution in [0.1, 0.15) is 53.0 Å². The Morgan fingerprint density at radius 1 is 1.04 bits per heavy atom. The number of fused-ring (bicyclic) bond motifs is 1. The van der Waals surface area contributed by atoms with Crippen molar-refractivity contribution in [2.24, 2.45) is 5.92 Å². The number of nitrogens with one attached hydrogen (secondary N) is 1. The summed E-state index contributed by atoms with van der Waals surface area (Å²) in [5.74, 6) is -0.0677. The first kappa shape index (κ1) is 20.9. The third-order valence-corrected chi connectivity index (χ3v) is 4.28. The van der Waals surface area contributed by atoms with Gasteiger partial charge in [0.15, 0.2) is 0 Å². The molecule has 4 heteroatoms. The fraction of sp³-hybridized carbons (Fsp3) is 0.478. The molecule has 0 heterocycles. The molecule has 0 radical (unpaired) electrons. The topological polar surface area (TPSA) is 55.4 Å². The minimum absolute atomic E-state index is 0.111. The summed E-state index contributed by atoms with van der Waals surface area (Å²) in [5.41, 5.74) is 0.421. The molecule has 0 aliphatic carbocycles. The lowest BCUT2D eigenvalue weighted by atomic mass is 9.98. The Balaban J connectivity index is 2.22. The second-order valence-corrected chi connectivity index (χ2v) is 8.43. The highest BCUT2D eigenvalue weighted by Crippen LogP contribution is 2.21. The first-order valence-electron chi connectivity index (χ1n) is 9.64. The molecule has 0 fully saturated rings. The maximum atomic E-state index is 12.7. The van der Waals surface area contributed by atoms with E-state index in [1.54, 1.807) is 0 Å². The number of benzene rings is 2. The van der Waals surface area contributed by atoms with E-state index in [0.29, 0.717) is 18.8 Å². The van der Waals surface area contributed by atoms with Crippen LogP contribution in [0.4, 0.5) is 0 Å². The van der Waals surface area contributed by atoms with Crippen LogP contribution in [0.2, 0.25) is 0 Å². The molecule has 0 unspecified atom stereocenters. The van der Waals surface area contributed by atoms with E-state index in [1.165, 1.54) is 0 Å². The average Bonchev–Trinajstić information content (AvgIpc) is 2.58. The lowest BCUT2D eigenvalue weighted by molar-refractivity contribution is -0.158. The SMILES string of the molecule is CC(C)CCC(=O)N[C@@H](Cc1cccc2ccccc12)C(=O)OC(C)(C)C. The Bertz CT molecular complexity index is 784. The highest BCUT2D eigenvalue weighted by Gasteiger charge is 2.27. The van der Waals surface area contributed by atoms with Crippen molar-refractivity contribution >= 4 is 22.6 Å². The van der Waals surface area contributed by atoms with Crippen LogP contribution in [0.25, 0.3) is 10.8 Å². The number of hydrogen-bond donors (Lipinski definition) is 1. The molecule has 1 N–H and O–H groups in total. The summed E-state index contributed by atoms with van der Waals surface area (Å²) < 4.78 is 5.56. The van der Waals surface area contributed by atoms with Gasteiger partial charge in [0, 0.05) is 12.8 Å². The van der Waals surface area contributed by atoms with Gasteiger partial charge in [0.25, 0.3) is 0 Å². The van der Waals surface area contributed by atoms with Crippen LogP contribution in [0.5, 0.6) is 0 Å². The van der Waals surface area contributed by atoms with Crippen molar-refractivity contribution in [2.45, 2.75) is 65.5 Å². The van der Waals surface area contributed by atoms with Gasteiger partial charge in [0.2, 0.25) is 5.91 Å². The van der Waals surface area contributed by atoms with Crippen LogP contribution >= 0.6 is 0 Å². The van der Waals surface area contributed by atoms with Gasteiger partial charge in [0.1, 0.15) is 11.6 Å². The van der Waals surface area contributed by atoms with E-state index in [0.717, 1.165) is 22.8 Å². The maximum Gasteiger partial charge on any atom is 0.329 e. The molecule has 2 aromatic carbocycles. The number of carbonyl (C=O) groups is 2. The zero-order valence-electron chi connectivity index (χ0n) is 17.0. The largest absolute Gasteiger partial charge is 0.458 e. The molecule has 27 heavy (non-hydrogen) atoms. The average molecular weight is 370 g/mol. The Labute approximate surface area is 162 Å². The van der Waals surface area contributed by atoms with Crippen LogP contribution in [0.15, 0.2) is 42.5 Å². The van der Waals surface area contributed by atoms with Crippen molar-refractivity contribution in [1.82, 2.24) is 5.32 Å². The molecule has 0 saturated carbocycles. The summed E-state index contributed by atoms with van der Waals surface area (Å²) >= 11 is 0. The van der Waals surface area contributed by atoms with Crippen LogP contribution in [-0.4, -0.2) is 23.5 Å². The third kappa shape index (κ3) is 6.70. The molecule has 2 rings (SSSR count). The van der Waals surface area contributed by atoms with Crippen molar-refractivity contribution in [3.8, 4) is 0 Å². The van der Waals surface area contributed by atoms with Gasteiger partial charge in [-0.3, -0.25) is 4.79 Å². The van der Waals surface area contributed by atoms with E-state index in [2.05, 4.69) is 19.2 Å². The van der Waals surface area contributed by atoms with E-state index in [9.17, 15) is 9.59 Å². The maximum absolute atomic E-state index is 12.7. The van der Waals surface area contributed by atoms with Crippen molar-refractivity contribution < 1.29 is 14.3 Å². The van der Waals surface area contributed by atoms with E-state index in [4.69, 9.17) is 4.74 Å². The molecule has 0 saturated heterocycles. The number of rotatable bonds is 7. The lowest BCUT2D eigenvalue weighted by Gasteiger charge is -2.25. The van der Waals surface area contributed by atoms with Gasteiger partial charge in [0.05, 0.1) is 0 Å². The number of amides is 1. The molecule has 2 aromatic rings. The van der Waals surface area contributed by atoms with E-state index < -0.39 is 17.6 Å². The Kier molecular flexibility index (Phi) is 7.00. The standard InChI is InChI=1S/C23H31NO3/c1-16(2)13-14-21(25)24-20(22(26)27-23(3,4)5)15-18-11-8-10-17-9-6-7-12-19(17)18/h6-12,16,20H,13-15H2,1-5H3,(H,24,25)/t20-/m0/s1. The molecule has 1 atom stereocenters. The summed E-state index contributed by atoms with van der Waals surface area (Å²) in [6.45, 7) is 9.66. The molecule has 4 nitrogen and oxygen atoms in total. The van der Waals surface area contributed by atoms with E-state index in [-0.39, 0.29) is 5.91 Å². The summed E-state index contributed by atoms with van der Waals surface area (Å²) in [5, 5.41) is 5.10. The van der Waals surface area contributed by atoms with Crippen LogP contribution in [0.3, 0.4) is 0 Å². The molecule has 146 valence electrons. The second-order valence-electron chi connectivity index (χ2n) is 8.43. The van der Waals surface area contributed by atoms with Gasteiger partial charge >= 0.3 is 5.97 Å². The zero-order chi connectivity index (χ0) is 20.0. The van der Waals surface area contributed by atoms with Crippen LogP contribution in [-0.2, 0) is 20.7 Å². The molecule has 0 spiro atoms. The first-order valence-corrected chi connectivity index (χ1v) is 9.64. The van der Waals surface area contributed by atoms with Gasteiger partial charge in [-0.05, 0) is 49.4 Å². The van der Waals surface area contributed by atoms with Gasteiger partial charge in [-0.15, -0.1) is 0 Å². The second kappa shape index (κ2) is 9.03. The number of esters is 1. The molecule has 0 aliphatic heterocycles. The molecule has 0 bridgehead atoms. The molecule has 0 aliphatic rings. The minimum atomic E-state index is -0.699. The molecular weight excluding hydrogens is 338 g/mol. The first-order chi connectivity index (χ1) is 12.7. The summed E-state index contributed by atoms with van der Waals surface area (Å²) in [7, 11) is 0. The minimum Gasteiger partial charge on any atom is -0.458 e. The zero-order valence-corrected chi connectivity index (χ0v) is 17.0. The molecule has 1 amide bonds. The smallest absolute Gasteiger partial charge is 0.329 e. The summed E-state index contributed by atoms with van der Waals surface area (Å²) in [4.78, 5) is 25.1. The fourth-order valence-electron chi connectivity index (χ4n) is 2.94. The summed E-state index contributed by atoms with van der Waals surface area (Å²) in [6.07, 6.45) is 1.61. The fourth-order valence-corrected chi connectivity index (χ4v) is 2.94. The highest BCUT2D eigenvalue weighted by molar-refractivity contribution is 5.88. The Hall–Kier alpha value is -2.36. The van der Waals surface area contributed by atoms with Crippen molar-refractivity contribution in [3.05, 3.63) is 48.0 Å². The predicted octanol–water partition coefficient (Wildman–Crippen LogP) is 4.65. The Morgan fingerprint density at radius 2 is 1.70 bits per heavy atom. The van der Waals surface area contributed by atoms with Crippen LogP contribution in [0, 0.1) is 5.92 Å². The monoisotopic (exact) mass is 369 g/mol. The lowest BCUT2D eigenvalue weighted by Crippen LogP contribution is -2.45. The molecular formula is C23H31NO3. The predicted molar refractivity (Wildman–Crippen MR) is 109 cm³/mol. The quantitative estimate of drug-likeness (QED) is 0.723. The summed E-state index contributed by atoms with van der Waals surface area (Å²) in [6, 6.07) is 13.4. The van der Waals surface area contributed by atoms with Crippen molar-refractivity contribution in [2.75, 3.05) is 0 Å². The van der Waals surface area contributed by atoms with Crippen molar-refractivity contribution in [3.63, 3.8) is 0 Å².